The number of hydrogen-bond donors (Lipinski definition) is 3. The van der Waals surface area contributed by atoms with Crippen LogP contribution in [0.15, 0.2) is 24.3 Å². The second-order valence-electron chi connectivity index (χ2n) is 4.35. The van der Waals surface area contributed by atoms with E-state index in [-0.39, 0.29) is 5.91 Å². The number of rotatable bonds is 7. The zero-order valence-corrected chi connectivity index (χ0v) is 11.1. The summed E-state index contributed by atoms with van der Waals surface area (Å²) in [6.07, 6.45) is 1.71. The lowest BCUT2D eigenvalue weighted by atomic mass is 10.0. The molecule has 0 aromatic heterocycles. The third kappa shape index (κ3) is 4.37. The molecule has 5 nitrogen and oxygen atoms in total. The van der Waals surface area contributed by atoms with Gasteiger partial charge in [0, 0.05) is 5.56 Å². The van der Waals surface area contributed by atoms with Crippen LogP contribution < -0.4 is 11.1 Å². The molecular formula is C14H20N2O3. The highest BCUT2D eigenvalue weighted by Gasteiger charge is 2.20. The van der Waals surface area contributed by atoms with Crippen molar-refractivity contribution in [3.8, 4) is 0 Å². The van der Waals surface area contributed by atoms with Gasteiger partial charge in [-0.2, -0.15) is 0 Å². The normalized spacial score (nSPS) is 11.9. The molecule has 0 aliphatic carbocycles. The Morgan fingerprint density at radius 3 is 2.63 bits per heavy atom. The molecule has 0 saturated carbocycles. The van der Waals surface area contributed by atoms with Crippen molar-refractivity contribution in [3.63, 3.8) is 0 Å². The molecule has 0 radical (unpaired) electrons. The van der Waals surface area contributed by atoms with Gasteiger partial charge in [-0.15, -0.1) is 0 Å². The first-order chi connectivity index (χ1) is 9.10. The highest BCUT2D eigenvalue weighted by molar-refractivity contribution is 5.97. The molecule has 19 heavy (non-hydrogen) atoms. The number of nitrogens with two attached hydrogens (primary N) is 1. The van der Waals surface area contributed by atoms with Crippen molar-refractivity contribution in [3.05, 3.63) is 35.4 Å². The third-order valence-electron chi connectivity index (χ3n) is 2.86. The number of benzene rings is 1. The van der Waals surface area contributed by atoms with Crippen molar-refractivity contribution in [2.45, 2.75) is 32.2 Å². The quantitative estimate of drug-likeness (QED) is 0.689. The van der Waals surface area contributed by atoms with E-state index in [2.05, 4.69) is 5.32 Å². The van der Waals surface area contributed by atoms with Gasteiger partial charge in [-0.25, -0.2) is 4.79 Å². The summed E-state index contributed by atoms with van der Waals surface area (Å²) in [4.78, 5) is 23.1. The monoisotopic (exact) mass is 264 g/mol. The molecule has 0 fully saturated rings. The lowest BCUT2D eigenvalue weighted by Gasteiger charge is -2.15. The van der Waals surface area contributed by atoms with E-state index in [0.29, 0.717) is 31.4 Å². The molecule has 1 amide bonds. The van der Waals surface area contributed by atoms with E-state index < -0.39 is 12.0 Å². The molecule has 1 atom stereocenters. The Labute approximate surface area is 112 Å². The maximum atomic E-state index is 12.1. The second-order valence-corrected chi connectivity index (χ2v) is 4.35. The predicted molar refractivity (Wildman–Crippen MR) is 73.0 cm³/mol. The summed E-state index contributed by atoms with van der Waals surface area (Å²) in [5.41, 5.74) is 6.83. The predicted octanol–water partition coefficient (Wildman–Crippen LogP) is 1.17. The Kier molecular flexibility index (Phi) is 6.02. The van der Waals surface area contributed by atoms with Crippen LogP contribution in [-0.4, -0.2) is 29.6 Å². The Morgan fingerprint density at radius 1 is 1.37 bits per heavy atom. The van der Waals surface area contributed by atoms with E-state index >= 15 is 0 Å². The van der Waals surface area contributed by atoms with Crippen molar-refractivity contribution < 1.29 is 14.7 Å². The lowest BCUT2D eigenvalue weighted by Crippen LogP contribution is -2.41. The Morgan fingerprint density at radius 2 is 2.05 bits per heavy atom. The Balaban J connectivity index is 2.84. The molecule has 0 aliphatic rings. The first-order valence-corrected chi connectivity index (χ1v) is 6.41. The number of carbonyl (C=O) groups is 2. The Hall–Kier alpha value is -1.88. The second kappa shape index (κ2) is 7.53. The van der Waals surface area contributed by atoms with Gasteiger partial charge in [0.1, 0.15) is 6.04 Å². The minimum atomic E-state index is -1.01. The summed E-state index contributed by atoms with van der Waals surface area (Å²) in [5, 5.41) is 11.6. The molecular weight excluding hydrogens is 244 g/mol. The molecule has 0 spiro atoms. The minimum Gasteiger partial charge on any atom is -0.480 e. The highest BCUT2D eigenvalue weighted by Crippen LogP contribution is 2.10. The number of aliphatic carboxylic acids is 1. The van der Waals surface area contributed by atoms with Gasteiger partial charge in [0.15, 0.2) is 0 Å². The van der Waals surface area contributed by atoms with Crippen LogP contribution in [0.3, 0.4) is 0 Å². The van der Waals surface area contributed by atoms with Crippen molar-refractivity contribution in [1.82, 2.24) is 5.32 Å². The average Bonchev–Trinajstić information content (AvgIpc) is 2.39. The molecule has 0 saturated heterocycles. The molecule has 0 heterocycles. The summed E-state index contributed by atoms with van der Waals surface area (Å²) in [5.74, 6) is -1.36. The van der Waals surface area contributed by atoms with Crippen LogP contribution in [-0.2, 0) is 11.2 Å². The molecule has 0 aliphatic heterocycles. The molecule has 1 unspecified atom stereocenters. The number of hydrogen-bond acceptors (Lipinski definition) is 3. The highest BCUT2D eigenvalue weighted by atomic mass is 16.4. The zero-order valence-electron chi connectivity index (χ0n) is 11.1. The summed E-state index contributed by atoms with van der Waals surface area (Å²) in [6.45, 7) is 2.33. The molecule has 1 rings (SSSR count). The van der Waals surface area contributed by atoms with Crippen LogP contribution >= 0.6 is 0 Å². The molecule has 0 bridgehead atoms. The fraction of sp³-hybridized carbons (Fsp3) is 0.429. The first kappa shape index (κ1) is 15.2. The number of carboxylic acids is 1. The number of carbonyl (C=O) groups excluding carboxylic acids is 1. The smallest absolute Gasteiger partial charge is 0.326 e. The fourth-order valence-electron chi connectivity index (χ4n) is 1.90. The molecule has 4 N–H and O–H groups in total. The summed E-state index contributed by atoms with van der Waals surface area (Å²) in [6, 6.07) is 6.26. The van der Waals surface area contributed by atoms with Crippen LogP contribution in [0, 0.1) is 0 Å². The van der Waals surface area contributed by atoms with E-state index in [4.69, 9.17) is 10.8 Å². The van der Waals surface area contributed by atoms with Gasteiger partial charge in [-0.3, -0.25) is 4.79 Å². The average molecular weight is 264 g/mol. The van der Waals surface area contributed by atoms with Crippen molar-refractivity contribution in [2.75, 3.05) is 6.54 Å². The summed E-state index contributed by atoms with van der Waals surface area (Å²) in [7, 11) is 0. The minimum absolute atomic E-state index is 0.357. The van der Waals surface area contributed by atoms with E-state index in [1.165, 1.54) is 0 Å². The first-order valence-electron chi connectivity index (χ1n) is 6.41. The summed E-state index contributed by atoms with van der Waals surface area (Å²) >= 11 is 0. The van der Waals surface area contributed by atoms with Gasteiger partial charge in [-0.05, 0) is 31.0 Å². The van der Waals surface area contributed by atoms with Gasteiger partial charge in [0.25, 0.3) is 5.91 Å². The SMILES string of the molecule is CCCC(NC(=O)c1ccccc1CCN)C(=O)O. The van der Waals surface area contributed by atoms with Crippen LogP contribution in [0.1, 0.15) is 35.7 Å². The standard InChI is InChI=1S/C14H20N2O3/c1-2-5-12(14(18)19)16-13(17)11-7-4-3-6-10(11)8-9-15/h3-4,6-7,12H,2,5,8-9,15H2,1H3,(H,16,17)(H,18,19). The van der Waals surface area contributed by atoms with Crippen LogP contribution in [0.4, 0.5) is 0 Å². The largest absolute Gasteiger partial charge is 0.480 e. The van der Waals surface area contributed by atoms with Crippen LogP contribution in [0.5, 0.6) is 0 Å². The third-order valence-corrected chi connectivity index (χ3v) is 2.86. The van der Waals surface area contributed by atoms with Gasteiger partial charge < -0.3 is 16.2 Å². The van der Waals surface area contributed by atoms with E-state index in [1.54, 1.807) is 12.1 Å². The van der Waals surface area contributed by atoms with Crippen molar-refractivity contribution in [2.24, 2.45) is 5.73 Å². The summed E-state index contributed by atoms with van der Waals surface area (Å²) < 4.78 is 0. The van der Waals surface area contributed by atoms with Crippen LogP contribution in [0.25, 0.3) is 0 Å². The van der Waals surface area contributed by atoms with E-state index in [1.807, 2.05) is 19.1 Å². The maximum absolute atomic E-state index is 12.1. The van der Waals surface area contributed by atoms with Crippen molar-refractivity contribution >= 4 is 11.9 Å². The van der Waals surface area contributed by atoms with Crippen LogP contribution in [0.2, 0.25) is 0 Å². The lowest BCUT2D eigenvalue weighted by molar-refractivity contribution is -0.139. The Bertz CT molecular complexity index is 446. The van der Waals surface area contributed by atoms with E-state index in [9.17, 15) is 9.59 Å². The fourth-order valence-corrected chi connectivity index (χ4v) is 1.90. The zero-order chi connectivity index (χ0) is 14.3. The molecule has 104 valence electrons. The van der Waals surface area contributed by atoms with Gasteiger partial charge >= 0.3 is 5.97 Å². The number of amides is 1. The molecule has 5 heteroatoms. The van der Waals surface area contributed by atoms with Gasteiger partial charge in [0.05, 0.1) is 0 Å². The number of nitrogens with one attached hydrogen (secondary N) is 1. The molecule has 1 aromatic carbocycles. The topological polar surface area (TPSA) is 92.4 Å². The van der Waals surface area contributed by atoms with Gasteiger partial charge in [0.2, 0.25) is 0 Å². The maximum Gasteiger partial charge on any atom is 0.326 e. The van der Waals surface area contributed by atoms with Gasteiger partial charge in [-0.1, -0.05) is 31.5 Å². The molecule has 1 aromatic rings. The van der Waals surface area contributed by atoms with Crippen molar-refractivity contribution in [1.29, 1.82) is 0 Å². The number of carboxylic acid groups (broad SMARTS) is 1. The van der Waals surface area contributed by atoms with E-state index in [0.717, 1.165) is 5.56 Å².